The lowest BCUT2D eigenvalue weighted by atomic mass is 10.1. The summed E-state index contributed by atoms with van der Waals surface area (Å²) in [7, 11) is 0. The molecule has 5 heteroatoms. The van der Waals surface area contributed by atoms with Crippen LogP contribution in [-0.2, 0) is 0 Å². The van der Waals surface area contributed by atoms with Gasteiger partial charge in [0.1, 0.15) is 6.07 Å². The molecular weight excluding hydrogens is 236 g/mol. The first-order valence-electron chi connectivity index (χ1n) is 5.15. The third-order valence-corrected chi connectivity index (χ3v) is 2.80. The summed E-state index contributed by atoms with van der Waals surface area (Å²) >= 11 is 5.96. The van der Waals surface area contributed by atoms with Gasteiger partial charge in [0.05, 0.1) is 22.8 Å². The summed E-state index contributed by atoms with van der Waals surface area (Å²) in [5.74, 6) is 0. The lowest BCUT2D eigenvalue weighted by Crippen LogP contribution is -2.05. The molecule has 1 atom stereocenters. The average Bonchev–Trinajstić information content (AvgIpc) is 2.82. The highest BCUT2D eigenvalue weighted by Gasteiger charge is 2.07. The highest BCUT2D eigenvalue weighted by Crippen LogP contribution is 2.23. The molecule has 1 aromatic carbocycles. The van der Waals surface area contributed by atoms with Crippen LogP contribution in [0.25, 0.3) is 0 Å². The number of benzene rings is 1. The predicted octanol–water partition coefficient (Wildman–Crippen LogP) is 3.11. The largest absolute Gasteiger partial charge is 0.378 e. The zero-order valence-electron chi connectivity index (χ0n) is 9.24. The van der Waals surface area contributed by atoms with Gasteiger partial charge in [-0.15, -0.1) is 0 Å². The van der Waals surface area contributed by atoms with E-state index in [1.807, 2.05) is 25.3 Å². The van der Waals surface area contributed by atoms with Crippen LogP contribution in [0.2, 0.25) is 5.02 Å². The smallest absolute Gasteiger partial charge is 0.101 e. The molecule has 0 amide bonds. The Morgan fingerprint density at radius 2 is 2.35 bits per heavy atom. The highest BCUT2D eigenvalue weighted by atomic mass is 35.5. The third kappa shape index (κ3) is 2.58. The predicted molar refractivity (Wildman–Crippen MR) is 66.8 cm³/mol. The second-order valence-electron chi connectivity index (χ2n) is 3.70. The molecule has 1 heterocycles. The van der Waals surface area contributed by atoms with Crippen molar-refractivity contribution in [2.24, 2.45) is 0 Å². The molecule has 2 aromatic rings. The van der Waals surface area contributed by atoms with Crippen LogP contribution in [0.5, 0.6) is 0 Å². The van der Waals surface area contributed by atoms with Crippen molar-refractivity contribution in [3.63, 3.8) is 0 Å². The molecule has 17 heavy (non-hydrogen) atoms. The third-order valence-electron chi connectivity index (χ3n) is 2.49. The maximum absolute atomic E-state index is 8.77. The summed E-state index contributed by atoms with van der Waals surface area (Å²) in [6.07, 6.45) is 3.60. The van der Waals surface area contributed by atoms with Gasteiger partial charge >= 0.3 is 0 Å². The van der Waals surface area contributed by atoms with E-state index in [0.717, 1.165) is 11.3 Å². The van der Waals surface area contributed by atoms with Crippen molar-refractivity contribution < 1.29 is 0 Å². The zero-order valence-corrected chi connectivity index (χ0v) is 9.99. The van der Waals surface area contributed by atoms with Crippen LogP contribution >= 0.6 is 11.6 Å². The number of rotatable bonds is 3. The van der Waals surface area contributed by atoms with E-state index in [1.54, 1.807) is 18.3 Å². The molecule has 2 N–H and O–H groups in total. The molecule has 2 rings (SSSR count). The molecule has 86 valence electrons. The molecule has 0 bridgehead atoms. The number of anilines is 1. The van der Waals surface area contributed by atoms with Gasteiger partial charge < -0.3 is 5.32 Å². The highest BCUT2D eigenvalue weighted by molar-refractivity contribution is 6.32. The van der Waals surface area contributed by atoms with Crippen LogP contribution in [0.15, 0.2) is 30.6 Å². The number of H-pyrrole nitrogens is 1. The SMILES string of the molecule is CC(Nc1ccc(C#N)c(Cl)c1)c1cn[nH]c1. The summed E-state index contributed by atoms with van der Waals surface area (Å²) in [5, 5.41) is 19.2. The Morgan fingerprint density at radius 3 is 2.94 bits per heavy atom. The van der Waals surface area contributed by atoms with E-state index in [4.69, 9.17) is 16.9 Å². The van der Waals surface area contributed by atoms with Crippen LogP contribution < -0.4 is 5.32 Å². The molecule has 0 radical (unpaired) electrons. The Kier molecular flexibility index (Phi) is 3.31. The van der Waals surface area contributed by atoms with Crippen LogP contribution in [-0.4, -0.2) is 10.2 Å². The van der Waals surface area contributed by atoms with Gasteiger partial charge in [-0.2, -0.15) is 10.4 Å². The van der Waals surface area contributed by atoms with Gasteiger partial charge in [0.2, 0.25) is 0 Å². The second kappa shape index (κ2) is 4.89. The number of aromatic nitrogens is 2. The fourth-order valence-corrected chi connectivity index (χ4v) is 1.75. The van der Waals surface area contributed by atoms with Gasteiger partial charge in [-0.1, -0.05) is 11.6 Å². The van der Waals surface area contributed by atoms with Crippen molar-refractivity contribution in [1.29, 1.82) is 5.26 Å². The lowest BCUT2D eigenvalue weighted by molar-refractivity contribution is 0.886. The van der Waals surface area contributed by atoms with Crippen molar-refractivity contribution in [2.75, 3.05) is 5.32 Å². The van der Waals surface area contributed by atoms with E-state index >= 15 is 0 Å². The van der Waals surface area contributed by atoms with E-state index in [0.29, 0.717) is 10.6 Å². The molecule has 0 saturated heterocycles. The van der Waals surface area contributed by atoms with E-state index < -0.39 is 0 Å². The summed E-state index contributed by atoms with van der Waals surface area (Å²) in [6.45, 7) is 2.02. The van der Waals surface area contributed by atoms with Crippen molar-refractivity contribution >= 4 is 17.3 Å². The summed E-state index contributed by atoms with van der Waals surface area (Å²) < 4.78 is 0. The van der Waals surface area contributed by atoms with Gasteiger partial charge in [-0.25, -0.2) is 0 Å². The Morgan fingerprint density at radius 1 is 1.53 bits per heavy atom. The fourth-order valence-electron chi connectivity index (χ4n) is 1.53. The molecule has 0 spiro atoms. The van der Waals surface area contributed by atoms with Gasteiger partial charge in [0.25, 0.3) is 0 Å². The van der Waals surface area contributed by atoms with Crippen LogP contribution in [0, 0.1) is 11.3 Å². The molecule has 0 aliphatic heterocycles. The molecule has 1 unspecified atom stereocenters. The Labute approximate surface area is 104 Å². The number of nitrogens with zero attached hydrogens (tertiary/aromatic N) is 2. The minimum absolute atomic E-state index is 0.123. The molecule has 1 aromatic heterocycles. The Bertz CT molecular complexity index is 542. The minimum atomic E-state index is 0.123. The maximum atomic E-state index is 8.77. The topological polar surface area (TPSA) is 64.5 Å². The number of aromatic amines is 1. The summed E-state index contributed by atoms with van der Waals surface area (Å²) in [5.41, 5.74) is 2.42. The maximum Gasteiger partial charge on any atom is 0.101 e. The molecule has 0 aliphatic rings. The van der Waals surface area contributed by atoms with Gasteiger partial charge in [-0.3, -0.25) is 5.10 Å². The summed E-state index contributed by atoms with van der Waals surface area (Å²) in [4.78, 5) is 0. The molecule has 0 saturated carbocycles. The van der Waals surface area contributed by atoms with Crippen LogP contribution in [0.1, 0.15) is 24.1 Å². The van der Waals surface area contributed by atoms with Crippen molar-refractivity contribution in [3.05, 3.63) is 46.7 Å². The number of hydrogen-bond acceptors (Lipinski definition) is 3. The quantitative estimate of drug-likeness (QED) is 0.875. The standard InChI is InChI=1S/C12H11ClN4/c1-8(10-6-15-16-7-10)17-11-3-2-9(5-14)12(13)4-11/h2-4,6-8,17H,1H3,(H,15,16). The lowest BCUT2D eigenvalue weighted by Gasteiger charge is -2.13. The first kappa shape index (κ1) is 11.5. The summed E-state index contributed by atoms with van der Waals surface area (Å²) in [6, 6.07) is 7.43. The molecule has 4 nitrogen and oxygen atoms in total. The van der Waals surface area contributed by atoms with Crippen molar-refractivity contribution in [2.45, 2.75) is 13.0 Å². The van der Waals surface area contributed by atoms with Gasteiger partial charge in [0, 0.05) is 17.4 Å². The van der Waals surface area contributed by atoms with Gasteiger partial charge in [-0.05, 0) is 25.1 Å². The normalized spacial score (nSPS) is 11.8. The molecular formula is C12H11ClN4. The van der Waals surface area contributed by atoms with E-state index in [9.17, 15) is 0 Å². The molecule has 0 aliphatic carbocycles. The fraction of sp³-hybridized carbons (Fsp3) is 0.167. The number of halogens is 1. The Balaban J connectivity index is 2.15. The number of nitrogens with one attached hydrogen (secondary N) is 2. The number of hydrogen-bond donors (Lipinski definition) is 2. The van der Waals surface area contributed by atoms with E-state index in [-0.39, 0.29) is 6.04 Å². The molecule has 0 fully saturated rings. The van der Waals surface area contributed by atoms with Crippen molar-refractivity contribution in [1.82, 2.24) is 10.2 Å². The zero-order chi connectivity index (χ0) is 12.3. The van der Waals surface area contributed by atoms with E-state index in [2.05, 4.69) is 15.5 Å². The monoisotopic (exact) mass is 246 g/mol. The Hall–Kier alpha value is -1.99. The first-order valence-corrected chi connectivity index (χ1v) is 5.53. The first-order chi connectivity index (χ1) is 8.20. The average molecular weight is 247 g/mol. The number of nitriles is 1. The van der Waals surface area contributed by atoms with E-state index in [1.165, 1.54) is 0 Å². The van der Waals surface area contributed by atoms with Gasteiger partial charge in [0.15, 0.2) is 0 Å². The van der Waals surface area contributed by atoms with Crippen LogP contribution in [0.3, 0.4) is 0 Å². The minimum Gasteiger partial charge on any atom is -0.378 e. The second-order valence-corrected chi connectivity index (χ2v) is 4.11. The van der Waals surface area contributed by atoms with Crippen LogP contribution in [0.4, 0.5) is 5.69 Å². The van der Waals surface area contributed by atoms with Crippen molar-refractivity contribution in [3.8, 4) is 6.07 Å².